The summed E-state index contributed by atoms with van der Waals surface area (Å²) in [6, 6.07) is 0. The molecule has 0 saturated heterocycles. The number of aryl methyl sites for hydroxylation is 1. The summed E-state index contributed by atoms with van der Waals surface area (Å²) in [7, 11) is 0. The average Bonchev–Trinajstić information content (AvgIpc) is 2.41. The molecule has 0 fully saturated rings. The molecule has 2 aromatic rings. The summed E-state index contributed by atoms with van der Waals surface area (Å²) in [4.78, 5) is 9.37. The van der Waals surface area contributed by atoms with E-state index in [2.05, 4.69) is 9.97 Å². The number of rotatable bonds is 1. The zero-order chi connectivity index (χ0) is 11.2. The molecule has 0 radical (unpaired) electrons. The minimum Gasteiger partial charge on any atom is -0.397 e. The molecule has 0 bridgehead atoms. The van der Waals surface area contributed by atoms with E-state index in [-0.39, 0.29) is 0 Å². The molecule has 0 aromatic carbocycles. The van der Waals surface area contributed by atoms with Crippen molar-refractivity contribution in [3.63, 3.8) is 0 Å². The first-order valence-electron chi connectivity index (χ1n) is 4.64. The molecule has 0 aliphatic heterocycles. The highest BCUT2D eigenvalue weighted by molar-refractivity contribution is 7.18. The van der Waals surface area contributed by atoms with Gasteiger partial charge in [0.25, 0.3) is 0 Å². The van der Waals surface area contributed by atoms with Crippen LogP contribution in [0.25, 0.3) is 10.3 Å². The molecular weight excluding hydrogens is 210 g/mol. The van der Waals surface area contributed by atoms with Crippen molar-refractivity contribution < 1.29 is 5.11 Å². The lowest BCUT2D eigenvalue weighted by Gasteiger charge is -2.19. The van der Waals surface area contributed by atoms with Crippen molar-refractivity contribution in [3.8, 4) is 0 Å². The van der Waals surface area contributed by atoms with Crippen LogP contribution in [0, 0.1) is 6.92 Å². The van der Waals surface area contributed by atoms with E-state index in [1.807, 2.05) is 6.92 Å². The van der Waals surface area contributed by atoms with Gasteiger partial charge in [-0.3, -0.25) is 0 Å². The standard InChI is InChI=1S/C10H13N3OS/c1-5-13-8-7(10(2,3)14)6(11)4-12-9(8)15-5/h4,14H,11H2,1-3H3. The van der Waals surface area contributed by atoms with Crippen LogP contribution in [0.2, 0.25) is 0 Å². The van der Waals surface area contributed by atoms with Gasteiger partial charge in [0.05, 0.1) is 22.5 Å². The smallest absolute Gasteiger partial charge is 0.143 e. The Bertz CT molecular complexity index is 513. The molecule has 80 valence electrons. The van der Waals surface area contributed by atoms with E-state index in [0.717, 1.165) is 9.84 Å². The Morgan fingerprint density at radius 1 is 1.47 bits per heavy atom. The van der Waals surface area contributed by atoms with Crippen LogP contribution in [-0.2, 0) is 5.60 Å². The van der Waals surface area contributed by atoms with E-state index in [1.165, 1.54) is 11.3 Å². The third kappa shape index (κ3) is 1.68. The van der Waals surface area contributed by atoms with Crippen molar-refractivity contribution in [2.75, 3.05) is 5.73 Å². The molecule has 0 aliphatic rings. The highest BCUT2D eigenvalue weighted by Gasteiger charge is 2.24. The fraction of sp³-hybridized carbons (Fsp3) is 0.400. The monoisotopic (exact) mass is 223 g/mol. The average molecular weight is 223 g/mol. The normalized spacial score (nSPS) is 12.3. The number of aromatic nitrogens is 2. The second-order valence-corrected chi connectivity index (χ2v) is 5.22. The molecule has 3 N–H and O–H groups in total. The summed E-state index contributed by atoms with van der Waals surface area (Å²) in [6.45, 7) is 5.32. The van der Waals surface area contributed by atoms with Crippen LogP contribution in [0.1, 0.15) is 24.4 Å². The molecule has 5 heteroatoms. The fourth-order valence-corrected chi connectivity index (χ4v) is 2.41. The Kier molecular flexibility index (Phi) is 2.17. The number of hydrogen-bond acceptors (Lipinski definition) is 5. The Labute approximate surface area is 91.8 Å². The first kappa shape index (κ1) is 10.3. The van der Waals surface area contributed by atoms with Crippen molar-refractivity contribution in [1.82, 2.24) is 9.97 Å². The van der Waals surface area contributed by atoms with Gasteiger partial charge in [0.1, 0.15) is 10.3 Å². The lowest BCUT2D eigenvalue weighted by molar-refractivity contribution is 0.0807. The molecule has 2 heterocycles. The van der Waals surface area contributed by atoms with E-state index in [9.17, 15) is 5.11 Å². The highest BCUT2D eigenvalue weighted by Crippen LogP contribution is 2.33. The largest absolute Gasteiger partial charge is 0.397 e. The Hall–Kier alpha value is -1.20. The quantitative estimate of drug-likeness (QED) is 0.773. The van der Waals surface area contributed by atoms with E-state index in [0.29, 0.717) is 16.8 Å². The van der Waals surface area contributed by atoms with Gasteiger partial charge in [0.2, 0.25) is 0 Å². The lowest BCUT2D eigenvalue weighted by Crippen LogP contribution is -2.18. The molecule has 0 atom stereocenters. The first-order chi connectivity index (χ1) is 6.89. The summed E-state index contributed by atoms with van der Waals surface area (Å²) in [6.07, 6.45) is 1.58. The summed E-state index contributed by atoms with van der Waals surface area (Å²) in [5.74, 6) is 0. The van der Waals surface area contributed by atoms with E-state index < -0.39 is 5.60 Å². The van der Waals surface area contributed by atoms with Crippen molar-refractivity contribution in [1.29, 1.82) is 0 Å². The first-order valence-corrected chi connectivity index (χ1v) is 5.45. The van der Waals surface area contributed by atoms with Gasteiger partial charge >= 0.3 is 0 Å². The Balaban J connectivity index is 2.85. The van der Waals surface area contributed by atoms with E-state index in [4.69, 9.17) is 5.73 Å². The van der Waals surface area contributed by atoms with Crippen LogP contribution in [0.3, 0.4) is 0 Å². The van der Waals surface area contributed by atoms with Crippen LogP contribution in [0.4, 0.5) is 5.69 Å². The number of anilines is 1. The number of nitrogens with two attached hydrogens (primary N) is 1. The second-order valence-electron chi connectivity index (χ2n) is 4.03. The third-order valence-corrected chi connectivity index (χ3v) is 3.05. The minimum atomic E-state index is -0.994. The molecule has 4 nitrogen and oxygen atoms in total. The zero-order valence-corrected chi connectivity index (χ0v) is 9.72. The van der Waals surface area contributed by atoms with Crippen LogP contribution in [-0.4, -0.2) is 15.1 Å². The van der Waals surface area contributed by atoms with Crippen molar-refractivity contribution in [2.45, 2.75) is 26.4 Å². The molecular formula is C10H13N3OS. The third-order valence-electron chi connectivity index (χ3n) is 2.17. The van der Waals surface area contributed by atoms with Gasteiger partial charge in [-0.25, -0.2) is 9.97 Å². The van der Waals surface area contributed by atoms with Crippen molar-refractivity contribution in [2.24, 2.45) is 0 Å². The molecule has 0 spiro atoms. The number of nitrogen functional groups attached to an aromatic ring is 1. The lowest BCUT2D eigenvalue weighted by atomic mass is 9.97. The predicted octanol–water partition coefficient (Wildman–Crippen LogP) is 1.81. The van der Waals surface area contributed by atoms with Gasteiger partial charge in [0.15, 0.2) is 0 Å². The molecule has 0 unspecified atom stereocenters. The van der Waals surface area contributed by atoms with Gasteiger partial charge in [0, 0.05) is 5.56 Å². The molecule has 0 saturated carbocycles. The Morgan fingerprint density at radius 2 is 2.13 bits per heavy atom. The molecule has 0 amide bonds. The minimum absolute atomic E-state index is 0.486. The van der Waals surface area contributed by atoms with Gasteiger partial charge in [-0.1, -0.05) is 11.3 Å². The number of pyridine rings is 1. The number of fused-ring (bicyclic) bond motifs is 1. The van der Waals surface area contributed by atoms with E-state index >= 15 is 0 Å². The maximum Gasteiger partial charge on any atom is 0.143 e. The zero-order valence-electron chi connectivity index (χ0n) is 8.90. The SMILES string of the molecule is Cc1nc2c(C(C)(C)O)c(N)cnc2s1. The summed E-state index contributed by atoms with van der Waals surface area (Å²) in [5, 5.41) is 11.0. The number of nitrogens with zero attached hydrogens (tertiary/aromatic N) is 2. The fourth-order valence-electron chi connectivity index (χ4n) is 1.64. The van der Waals surface area contributed by atoms with Gasteiger partial charge < -0.3 is 10.8 Å². The van der Waals surface area contributed by atoms with E-state index in [1.54, 1.807) is 20.0 Å². The number of thiazole rings is 1. The van der Waals surface area contributed by atoms with Crippen molar-refractivity contribution >= 4 is 27.4 Å². The van der Waals surface area contributed by atoms with Crippen LogP contribution in [0.15, 0.2) is 6.20 Å². The number of hydrogen-bond donors (Lipinski definition) is 2. The van der Waals surface area contributed by atoms with Crippen LogP contribution >= 0.6 is 11.3 Å². The van der Waals surface area contributed by atoms with Gasteiger partial charge in [-0.2, -0.15) is 0 Å². The van der Waals surface area contributed by atoms with Gasteiger partial charge in [-0.05, 0) is 20.8 Å². The molecule has 2 aromatic heterocycles. The molecule has 15 heavy (non-hydrogen) atoms. The Morgan fingerprint density at radius 3 is 2.73 bits per heavy atom. The van der Waals surface area contributed by atoms with Crippen LogP contribution in [0.5, 0.6) is 0 Å². The summed E-state index contributed by atoms with van der Waals surface area (Å²) >= 11 is 1.50. The molecule has 2 rings (SSSR count). The molecule has 0 aliphatic carbocycles. The highest BCUT2D eigenvalue weighted by atomic mass is 32.1. The van der Waals surface area contributed by atoms with Crippen molar-refractivity contribution in [3.05, 3.63) is 16.8 Å². The summed E-state index contributed by atoms with van der Waals surface area (Å²) in [5.41, 5.74) is 6.69. The predicted molar refractivity (Wildman–Crippen MR) is 61.8 cm³/mol. The van der Waals surface area contributed by atoms with Gasteiger partial charge in [-0.15, -0.1) is 0 Å². The maximum atomic E-state index is 10.0. The topological polar surface area (TPSA) is 72.0 Å². The summed E-state index contributed by atoms with van der Waals surface area (Å²) < 4.78 is 0. The maximum absolute atomic E-state index is 10.0. The number of aliphatic hydroxyl groups is 1. The second kappa shape index (κ2) is 3.15. The van der Waals surface area contributed by atoms with Crippen LogP contribution < -0.4 is 5.73 Å².